The Balaban J connectivity index is 1.51. The summed E-state index contributed by atoms with van der Waals surface area (Å²) in [5, 5.41) is 3.86. The lowest BCUT2D eigenvalue weighted by Gasteiger charge is -2.36. The van der Waals surface area contributed by atoms with Gasteiger partial charge in [0, 0.05) is 37.9 Å². The number of benzene rings is 1. The van der Waals surface area contributed by atoms with Crippen LogP contribution in [0.4, 0.5) is 10.5 Å². The summed E-state index contributed by atoms with van der Waals surface area (Å²) < 4.78 is 5.21. The number of urea groups is 1. The Kier molecular flexibility index (Phi) is 6.29. The molecule has 0 radical (unpaired) electrons. The van der Waals surface area contributed by atoms with Gasteiger partial charge in [-0.25, -0.2) is 4.79 Å². The second-order valence-electron chi connectivity index (χ2n) is 6.93. The van der Waals surface area contributed by atoms with E-state index in [2.05, 4.69) is 10.2 Å². The van der Waals surface area contributed by atoms with Crippen molar-refractivity contribution in [1.82, 2.24) is 10.2 Å². The maximum Gasteiger partial charge on any atom is 0.317 e. The highest BCUT2D eigenvalue weighted by molar-refractivity contribution is 6.32. The third-order valence-corrected chi connectivity index (χ3v) is 5.55. The fourth-order valence-corrected chi connectivity index (χ4v) is 3.96. The Labute approximate surface area is 155 Å². The number of amides is 2. The Bertz CT molecular complexity index is 580. The number of nitrogens with one attached hydrogen (secondary N) is 1. The van der Waals surface area contributed by atoms with Gasteiger partial charge in [-0.05, 0) is 31.0 Å². The molecule has 25 heavy (non-hydrogen) atoms. The first-order chi connectivity index (χ1) is 12.2. The summed E-state index contributed by atoms with van der Waals surface area (Å²) >= 11 is 6.22. The number of methoxy groups -OCH3 is 1. The molecule has 2 amide bonds. The number of rotatable bonds is 3. The van der Waals surface area contributed by atoms with Crippen molar-refractivity contribution in [3.63, 3.8) is 0 Å². The number of halogens is 1. The number of piperazine rings is 1. The number of hydrogen-bond acceptors (Lipinski definition) is 3. The summed E-state index contributed by atoms with van der Waals surface area (Å²) in [7, 11) is 1.62. The van der Waals surface area contributed by atoms with Gasteiger partial charge in [0.05, 0.1) is 12.1 Å². The van der Waals surface area contributed by atoms with Gasteiger partial charge in [0.2, 0.25) is 0 Å². The first kappa shape index (κ1) is 18.2. The quantitative estimate of drug-likeness (QED) is 0.826. The van der Waals surface area contributed by atoms with Crippen molar-refractivity contribution >= 4 is 23.3 Å². The van der Waals surface area contributed by atoms with Crippen molar-refractivity contribution in [1.29, 1.82) is 0 Å². The average molecular weight is 366 g/mol. The van der Waals surface area contributed by atoms with Crippen LogP contribution in [0.25, 0.3) is 0 Å². The molecule has 1 aromatic carbocycles. The molecular formula is C19H28ClN3O2. The van der Waals surface area contributed by atoms with Crippen molar-refractivity contribution in [3.05, 3.63) is 23.2 Å². The van der Waals surface area contributed by atoms with Crippen LogP contribution in [-0.4, -0.2) is 50.3 Å². The number of anilines is 1. The van der Waals surface area contributed by atoms with Crippen LogP contribution in [0.1, 0.15) is 38.5 Å². The molecule has 0 bridgehead atoms. The van der Waals surface area contributed by atoms with E-state index in [-0.39, 0.29) is 6.03 Å². The van der Waals surface area contributed by atoms with E-state index in [1.54, 1.807) is 7.11 Å². The molecule has 1 heterocycles. The lowest BCUT2D eigenvalue weighted by Crippen LogP contribution is -2.53. The molecule has 1 aliphatic heterocycles. The van der Waals surface area contributed by atoms with Gasteiger partial charge in [-0.2, -0.15) is 0 Å². The lowest BCUT2D eigenvalue weighted by molar-refractivity contribution is 0.189. The second-order valence-corrected chi connectivity index (χ2v) is 7.34. The van der Waals surface area contributed by atoms with Crippen molar-refractivity contribution in [2.24, 2.45) is 0 Å². The molecule has 1 N–H and O–H groups in total. The summed E-state index contributed by atoms with van der Waals surface area (Å²) in [6, 6.07) is 6.30. The van der Waals surface area contributed by atoms with E-state index in [1.807, 2.05) is 23.1 Å². The van der Waals surface area contributed by atoms with Gasteiger partial charge >= 0.3 is 6.03 Å². The number of hydrogen-bond donors (Lipinski definition) is 1. The van der Waals surface area contributed by atoms with E-state index in [0.717, 1.165) is 44.7 Å². The van der Waals surface area contributed by atoms with Crippen LogP contribution in [0.3, 0.4) is 0 Å². The van der Waals surface area contributed by atoms with E-state index < -0.39 is 0 Å². The first-order valence-corrected chi connectivity index (χ1v) is 9.69. The highest BCUT2D eigenvalue weighted by Gasteiger charge is 2.24. The summed E-state index contributed by atoms with van der Waals surface area (Å²) in [5.74, 6) is 0.687. The van der Waals surface area contributed by atoms with E-state index in [0.29, 0.717) is 16.8 Å². The van der Waals surface area contributed by atoms with Gasteiger partial charge in [0.25, 0.3) is 0 Å². The van der Waals surface area contributed by atoms with Crippen molar-refractivity contribution in [2.75, 3.05) is 38.2 Å². The summed E-state index contributed by atoms with van der Waals surface area (Å²) in [6.07, 6.45) is 7.31. The Morgan fingerprint density at radius 1 is 1.12 bits per heavy atom. The normalized spacial score (nSPS) is 19.4. The molecule has 138 valence electrons. The van der Waals surface area contributed by atoms with E-state index >= 15 is 0 Å². The molecule has 0 spiro atoms. The maximum atomic E-state index is 12.5. The minimum atomic E-state index is 0.0966. The van der Waals surface area contributed by atoms with E-state index in [1.165, 1.54) is 25.7 Å². The van der Waals surface area contributed by atoms with Crippen LogP contribution in [0.15, 0.2) is 18.2 Å². The molecule has 2 fully saturated rings. The van der Waals surface area contributed by atoms with Crippen LogP contribution < -0.4 is 15.0 Å². The SMILES string of the molecule is COc1ccc(N2CCN(C(=O)NC3CCCCCC3)CC2)cc1Cl. The van der Waals surface area contributed by atoms with Gasteiger partial charge < -0.3 is 19.9 Å². The molecule has 0 unspecified atom stereocenters. The zero-order chi connectivity index (χ0) is 17.6. The van der Waals surface area contributed by atoms with Crippen molar-refractivity contribution in [2.45, 2.75) is 44.6 Å². The monoisotopic (exact) mass is 365 g/mol. The molecule has 1 aliphatic carbocycles. The molecule has 3 rings (SSSR count). The van der Waals surface area contributed by atoms with Gasteiger partial charge in [-0.1, -0.05) is 37.3 Å². The van der Waals surface area contributed by atoms with Crippen LogP contribution in [0, 0.1) is 0 Å². The smallest absolute Gasteiger partial charge is 0.317 e. The summed E-state index contributed by atoms with van der Waals surface area (Å²) in [4.78, 5) is 16.7. The summed E-state index contributed by atoms with van der Waals surface area (Å²) in [5.41, 5.74) is 1.08. The first-order valence-electron chi connectivity index (χ1n) is 9.31. The fraction of sp³-hybridized carbons (Fsp3) is 0.632. The van der Waals surface area contributed by atoms with Crippen molar-refractivity contribution in [3.8, 4) is 5.75 Å². The number of carbonyl (C=O) groups is 1. The zero-order valence-corrected chi connectivity index (χ0v) is 15.7. The topological polar surface area (TPSA) is 44.8 Å². The predicted molar refractivity (Wildman–Crippen MR) is 102 cm³/mol. The highest BCUT2D eigenvalue weighted by Crippen LogP contribution is 2.29. The molecule has 6 heteroatoms. The van der Waals surface area contributed by atoms with Crippen LogP contribution >= 0.6 is 11.6 Å². The second kappa shape index (κ2) is 8.65. The number of carbonyl (C=O) groups excluding carboxylic acids is 1. The lowest BCUT2D eigenvalue weighted by atomic mass is 10.1. The third kappa shape index (κ3) is 4.72. The van der Waals surface area contributed by atoms with Gasteiger partial charge in [0.1, 0.15) is 5.75 Å². The standard InChI is InChI=1S/C19H28ClN3O2/c1-25-18-9-8-16(14-17(18)20)22-10-12-23(13-11-22)19(24)21-15-6-4-2-3-5-7-15/h8-9,14-15H,2-7,10-13H2,1H3,(H,21,24). The average Bonchev–Trinajstić information content (AvgIpc) is 2.90. The molecule has 1 saturated carbocycles. The van der Waals surface area contributed by atoms with E-state index in [4.69, 9.17) is 16.3 Å². The van der Waals surface area contributed by atoms with Crippen LogP contribution in [-0.2, 0) is 0 Å². The van der Waals surface area contributed by atoms with Crippen LogP contribution in [0.5, 0.6) is 5.75 Å². The molecular weight excluding hydrogens is 338 g/mol. The Morgan fingerprint density at radius 2 is 1.80 bits per heavy atom. The molecule has 1 saturated heterocycles. The molecule has 0 atom stereocenters. The Hall–Kier alpha value is -1.62. The van der Waals surface area contributed by atoms with Gasteiger partial charge in [-0.15, -0.1) is 0 Å². The molecule has 5 nitrogen and oxygen atoms in total. The molecule has 2 aliphatic rings. The zero-order valence-electron chi connectivity index (χ0n) is 15.0. The molecule has 0 aromatic heterocycles. The third-order valence-electron chi connectivity index (χ3n) is 5.25. The largest absolute Gasteiger partial charge is 0.495 e. The van der Waals surface area contributed by atoms with Gasteiger partial charge in [-0.3, -0.25) is 0 Å². The van der Waals surface area contributed by atoms with Gasteiger partial charge in [0.15, 0.2) is 0 Å². The molecule has 1 aromatic rings. The number of ether oxygens (including phenoxy) is 1. The van der Waals surface area contributed by atoms with E-state index in [9.17, 15) is 4.79 Å². The minimum absolute atomic E-state index is 0.0966. The Morgan fingerprint density at radius 3 is 2.40 bits per heavy atom. The predicted octanol–water partition coefficient (Wildman–Crippen LogP) is 3.90. The number of nitrogens with zero attached hydrogens (tertiary/aromatic N) is 2. The maximum absolute atomic E-state index is 12.5. The fourth-order valence-electron chi connectivity index (χ4n) is 3.71. The minimum Gasteiger partial charge on any atom is -0.495 e. The van der Waals surface area contributed by atoms with Crippen molar-refractivity contribution < 1.29 is 9.53 Å². The van der Waals surface area contributed by atoms with Crippen LogP contribution in [0.2, 0.25) is 5.02 Å². The highest BCUT2D eigenvalue weighted by atomic mass is 35.5. The summed E-state index contributed by atoms with van der Waals surface area (Å²) in [6.45, 7) is 3.12.